The van der Waals surface area contributed by atoms with Crippen molar-refractivity contribution >= 4 is 15.8 Å². The Hall–Kier alpha value is -1.47. The van der Waals surface area contributed by atoms with Gasteiger partial charge in [0.15, 0.2) is 9.84 Å². The van der Waals surface area contributed by atoms with Crippen molar-refractivity contribution in [2.24, 2.45) is 0 Å². The van der Waals surface area contributed by atoms with E-state index in [2.05, 4.69) is 5.32 Å². The molecule has 0 spiro atoms. The molecule has 0 atom stereocenters. The lowest BCUT2D eigenvalue weighted by Gasteiger charge is -2.19. The molecule has 0 aliphatic heterocycles. The van der Waals surface area contributed by atoms with Gasteiger partial charge in [0.2, 0.25) is 0 Å². The molecule has 1 aromatic carbocycles. The van der Waals surface area contributed by atoms with Crippen LogP contribution in [0.15, 0.2) is 29.2 Å². The van der Waals surface area contributed by atoms with E-state index in [1.807, 2.05) is 0 Å². The molecule has 112 valence electrons. The van der Waals surface area contributed by atoms with Gasteiger partial charge >= 0.3 is 5.97 Å². The molecule has 7 heteroatoms. The number of hydrogen-bond acceptors (Lipinski definition) is 5. The van der Waals surface area contributed by atoms with Gasteiger partial charge in [-0.2, -0.15) is 0 Å². The number of halogens is 1. The van der Waals surface area contributed by atoms with Gasteiger partial charge < -0.3 is 4.74 Å². The first-order chi connectivity index (χ1) is 9.10. The molecule has 0 amide bonds. The Balaban J connectivity index is 2.53. The summed E-state index contributed by atoms with van der Waals surface area (Å²) in [4.78, 5) is 11.4. The zero-order valence-corrected chi connectivity index (χ0v) is 12.5. The predicted molar refractivity (Wildman–Crippen MR) is 72.3 cm³/mol. The van der Waals surface area contributed by atoms with E-state index in [1.54, 1.807) is 20.8 Å². The molecule has 0 aliphatic carbocycles. The highest BCUT2D eigenvalue weighted by molar-refractivity contribution is 7.91. The molecule has 1 aromatic rings. The van der Waals surface area contributed by atoms with Crippen LogP contribution in [-0.2, 0) is 19.4 Å². The fourth-order valence-electron chi connectivity index (χ4n) is 1.39. The van der Waals surface area contributed by atoms with Gasteiger partial charge in [0, 0.05) is 0 Å². The molecule has 0 aromatic heterocycles. The van der Waals surface area contributed by atoms with Crippen LogP contribution in [0.1, 0.15) is 20.8 Å². The molecule has 20 heavy (non-hydrogen) atoms. The summed E-state index contributed by atoms with van der Waals surface area (Å²) < 4.78 is 41.5. The first-order valence-electron chi connectivity index (χ1n) is 6.01. The summed E-state index contributed by atoms with van der Waals surface area (Å²) in [7, 11) is -3.60. The highest BCUT2D eigenvalue weighted by Crippen LogP contribution is 2.11. The fraction of sp³-hybridized carbons (Fsp3) is 0.462. The maximum absolute atomic E-state index is 12.7. The lowest BCUT2D eigenvalue weighted by Crippen LogP contribution is -2.34. The summed E-state index contributed by atoms with van der Waals surface area (Å²) >= 11 is 0. The first kappa shape index (κ1) is 16.6. The van der Waals surface area contributed by atoms with E-state index < -0.39 is 33.1 Å². The minimum Gasteiger partial charge on any atom is -0.459 e. The van der Waals surface area contributed by atoms with Gasteiger partial charge in [-0.3, -0.25) is 10.1 Å². The molecule has 1 rings (SSSR count). The van der Waals surface area contributed by atoms with Crippen molar-refractivity contribution in [3.8, 4) is 0 Å². The summed E-state index contributed by atoms with van der Waals surface area (Å²) in [6.07, 6.45) is 0. The van der Waals surface area contributed by atoms with Crippen LogP contribution in [0.3, 0.4) is 0 Å². The SMILES string of the molecule is CC(C)(C)OC(=O)CNCS(=O)(=O)c1ccc(F)cc1. The number of benzene rings is 1. The van der Waals surface area contributed by atoms with Crippen LogP contribution in [0.4, 0.5) is 4.39 Å². The van der Waals surface area contributed by atoms with Crippen LogP contribution in [0.5, 0.6) is 0 Å². The second-order valence-electron chi connectivity index (χ2n) is 5.23. The van der Waals surface area contributed by atoms with Gasteiger partial charge in [-0.25, -0.2) is 12.8 Å². The zero-order valence-electron chi connectivity index (χ0n) is 11.6. The number of esters is 1. The predicted octanol–water partition coefficient (Wildman–Crippen LogP) is 1.49. The summed E-state index contributed by atoms with van der Waals surface area (Å²) in [6.45, 7) is 4.96. The van der Waals surface area contributed by atoms with Crippen molar-refractivity contribution in [3.63, 3.8) is 0 Å². The summed E-state index contributed by atoms with van der Waals surface area (Å²) in [5.74, 6) is -1.46. The van der Waals surface area contributed by atoms with Crippen LogP contribution in [0, 0.1) is 5.82 Å². The average molecular weight is 303 g/mol. The molecule has 1 N–H and O–H groups in total. The van der Waals surface area contributed by atoms with Crippen LogP contribution in [-0.4, -0.2) is 32.4 Å². The smallest absolute Gasteiger partial charge is 0.320 e. The lowest BCUT2D eigenvalue weighted by molar-refractivity contribution is -0.153. The third-order valence-corrected chi connectivity index (χ3v) is 3.73. The maximum Gasteiger partial charge on any atom is 0.320 e. The van der Waals surface area contributed by atoms with Gasteiger partial charge in [0.25, 0.3) is 0 Å². The molecule has 0 heterocycles. The topological polar surface area (TPSA) is 72.5 Å². The van der Waals surface area contributed by atoms with Crippen molar-refractivity contribution in [1.29, 1.82) is 0 Å². The molecule has 0 bridgehead atoms. The zero-order chi connectivity index (χ0) is 15.4. The molecule has 0 saturated carbocycles. The largest absolute Gasteiger partial charge is 0.459 e. The van der Waals surface area contributed by atoms with Crippen LogP contribution >= 0.6 is 0 Å². The summed E-state index contributed by atoms with van der Waals surface area (Å²) in [6, 6.07) is 4.50. The Morgan fingerprint density at radius 3 is 2.30 bits per heavy atom. The van der Waals surface area contributed by atoms with Crippen molar-refractivity contribution in [2.75, 3.05) is 12.4 Å². The normalized spacial score (nSPS) is 12.2. The molecule has 0 radical (unpaired) electrons. The monoisotopic (exact) mass is 303 g/mol. The second-order valence-corrected chi connectivity index (χ2v) is 7.22. The number of rotatable bonds is 5. The number of hydrogen-bond donors (Lipinski definition) is 1. The minimum absolute atomic E-state index is 0.00408. The molecule has 0 fully saturated rings. The molecule has 0 unspecified atom stereocenters. The van der Waals surface area contributed by atoms with E-state index >= 15 is 0 Å². The van der Waals surface area contributed by atoms with E-state index in [1.165, 1.54) is 12.1 Å². The molecule has 5 nitrogen and oxygen atoms in total. The second kappa shape index (κ2) is 6.32. The van der Waals surface area contributed by atoms with Gasteiger partial charge in [-0.15, -0.1) is 0 Å². The average Bonchev–Trinajstić information content (AvgIpc) is 2.26. The maximum atomic E-state index is 12.7. The Labute approximate surface area is 118 Å². The van der Waals surface area contributed by atoms with Crippen LogP contribution in [0.2, 0.25) is 0 Å². The highest BCUT2D eigenvalue weighted by atomic mass is 32.2. The number of sulfone groups is 1. The van der Waals surface area contributed by atoms with Crippen LogP contribution < -0.4 is 5.32 Å². The van der Waals surface area contributed by atoms with Gasteiger partial charge in [0.1, 0.15) is 17.3 Å². The molecule has 0 aliphatic rings. The number of ether oxygens (including phenoxy) is 1. The van der Waals surface area contributed by atoms with E-state index in [9.17, 15) is 17.6 Å². The Morgan fingerprint density at radius 2 is 1.80 bits per heavy atom. The van der Waals surface area contributed by atoms with Gasteiger partial charge in [-0.05, 0) is 45.0 Å². The third-order valence-electron chi connectivity index (χ3n) is 2.15. The lowest BCUT2D eigenvalue weighted by atomic mass is 10.2. The van der Waals surface area contributed by atoms with Gasteiger partial charge in [0.05, 0.1) is 11.4 Å². The molecular formula is C13H18FNO4S. The first-order valence-corrected chi connectivity index (χ1v) is 7.66. The number of carbonyl (C=O) groups excluding carboxylic acids is 1. The summed E-state index contributed by atoms with van der Waals surface area (Å²) in [5.41, 5.74) is -0.616. The van der Waals surface area contributed by atoms with E-state index in [0.717, 1.165) is 12.1 Å². The molecule has 0 saturated heterocycles. The highest BCUT2D eigenvalue weighted by Gasteiger charge is 2.18. The summed E-state index contributed by atoms with van der Waals surface area (Å²) in [5, 5.41) is 2.50. The number of carbonyl (C=O) groups is 1. The fourth-order valence-corrected chi connectivity index (χ4v) is 2.48. The molecular weight excluding hydrogens is 285 g/mol. The van der Waals surface area contributed by atoms with E-state index in [-0.39, 0.29) is 11.4 Å². The minimum atomic E-state index is -3.60. The van der Waals surface area contributed by atoms with Crippen molar-refractivity contribution in [1.82, 2.24) is 5.32 Å². The van der Waals surface area contributed by atoms with E-state index in [4.69, 9.17) is 4.74 Å². The van der Waals surface area contributed by atoms with Crippen molar-refractivity contribution in [2.45, 2.75) is 31.3 Å². The standard InChI is InChI=1S/C13H18FNO4S/c1-13(2,3)19-12(16)8-15-9-20(17,18)11-6-4-10(14)5-7-11/h4-7,15H,8-9H2,1-3H3. The van der Waals surface area contributed by atoms with Gasteiger partial charge in [-0.1, -0.05) is 0 Å². The third kappa shape index (κ3) is 5.66. The van der Waals surface area contributed by atoms with Crippen LogP contribution in [0.25, 0.3) is 0 Å². The Morgan fingerprint density at radius 1 is 1.25 bits per heavy atom. The Bertz CT molecular complexity index is 561. The van der Waals surface area contributed by atoms with E-state index in [0.29, 0.717) is 0 Å². The number of nitrogens with one attached hydrogen (secondary N) is 1. The van der Waals surface area contributed by atoms with Crippen molar-refractivity contribution in [3.05, 3.63) is 30.1 Å². The Kier molecular flexibility index (Phi) is 5.24. The quantitative estimate of drug-likeness (QED) is 0.659. The van der Waals surface area contributed by atoms with Crippen molar-refractivity contribution < 1.29 is 22.3 Å².